The van der Waals surface area contributed by atoms with E-state index in [0.717, 1.165) is 44.3 Å². The van der Waals surface area contributed by atoms with Crippen molar-refractivity contribution in [1.29, 1.82) is 0 Å². The maximum atomic E-state index is 5.67. The summed E-state index contributed by atoms with van der Waals surface area (Å²) < 4.78 is 5.67. The van der Waals surface area contributed by atoms with Gasteiger partial charge in [-0.3, -0.25) is 4.99 Å². The fraction of sp³-hybridized carbons (Fsp3) is 0.632. The lowest BCUT2D eigenvalue weighted by Gasteiger charge is -2.21. The van der Waals surface area contributed by atoms with E-state index in [2.05, 4.69) is 41.3 Å². The second-order valence-electron chi connectivity index (χ2n) is 5.88. The third-order valence-corrected chi connectivity index (χ3v) is 4.02. The Kier molecular flexibility index (Phi) is 10.7. The van der Waals surface area contributed by atoms with Crippen LogP contribution < -0.4 is 15.4 Å². The van der Waals surface area contributed by atoms with Crippen LogP contribution in [-0.4, -0.2) is 56.7 Å². The number of para-hydroxylation sites is 1. The first kappa shape index (κ1) is 20.3. The van der Waals surface area contributed by atoms with Crippen molar-refractivity contribution in [3.63, 3.8) is 0 Å². The SMILES string of the molecule is CCN(CC)CCCC(C)NC(=NC)NCCOc1ccccc1. The highest BCUT2D eigenvalue weighted by Gasteiger charge is 2.06. The third kappa shape index (κ3) is 8.77. The van der Waals surface area contributed by atoms with Crippen LogP contribution in [0.3, 0.4) is 0 Å². The Morgan fingerprint density at radius 1 is 1.21 bits per heavy atom. The summed E-state index contributed by atoms with van der Waals surface area (Å²) in [4.78, 5) is 6.74. The number of hydrogen-bond donors (Lipinski definition) is 2. The van der Waals surface area contributed by atoms with Gasteiger partial charge in [-0.15, -0.1) is 0 Å². The minimum Gasteiger partial charge on any atom is -0.492 e. The van der Waals surface area contributed by atoms with Crippen LogP contribution in [0.5, 0.6) is 5.75 Å². The summed E-state index contributed by atoms with van der Waals surface area (Å²) >= 11 is 0. The molecule has 0 radical (unpaired) electrons. The lowest BCUT2D eigenvalue weighted by Crippen LogP contribution is -2.43. The summed E-state index contributed by atoms with van der Waals surface area (Å²) in [5, 5.41) is 6.74. The van der Waals surface area contributed by atoms with Crippen molar-refractivity contribution >= 4 is 5.96 Å². The second-order valence-corrected chi connectivity index (χ2v) is 5.88. The molecule has 0 saturated carbocycles. The van der Waals surface area contributed by atoms with Crippen LogP contribution in [0, 0.1) is 0 Å². The van der Waals surface area contributed by atoms with E-state index in [4.69, 9.17) is 4.74 Å². The smallest absolute Gasteiger partial charge is 0.191 e. The van der Waals surface area contributed by atoms with Crippen molar-refractivity contribution in [2.75, 3.05) is 39.8 Å². The summed E-state index contributed by atoms with van der Waals surface area (Å²) in [6, 6.07) is 10.3. The second kappa shape index (κ2) is 12.6. The molecule has 0 saturated heterocycles. The molecule has 1 aromatic rings. The molecule has 1 aromatic carbocycles. The number of aliphatic imine (C=N–C) groups is 1. The molecular formula is C19H34N4O. The van der Waals surface area contributed by atoms with Gasteiger partial charge in [0.2, 0.25) is 0 Å². The monoisotopic (exact) mass is 334 g/mol. The Bertz CT molecular complexity index is 446. The van der Waals surface area contributed by atoms with Gasteiger partial charge in [0.25, 0.3) is 0 Å². The van der Waals surface area contributed by atoms with Crippen molar-refractivity contribution < 1.29 is 4.74 Å². The number of benzene rings is 1. The molecule has 0 bridgehead atoms. The fourth-order valence-corrected chi connectivity index (χ4v) is 2.52. The molecule has 0 heterocycles. The van der Waals surface area contributed by atoms with Gasteiger partial charge in [-0.25, -0.2) is 0 Å². The molecule has 0 aliphatic rings. The highest BCUT2D eigenvalue weighted by atomic mass is 16.5. The van der Waals surface area contributed by atoms with Gasteiger partial charge in [0.15, 0.2) is 5.96 Å². The largest absolute Gasteiger partial charge is 0.492 e. The van der Waals surface area contributed by atoms with Gasteiger partial charge in [-0.2, -0.15) is 0 Å². The van der Waals surface area contributed by atoms with E-state index < -0.39 is 0 Å². The lowest BCUT2D eigenvalue weighted by molar-refractivity contribution is 0.292. The molecule has 5 heteroatoms. The minimum absolute atomic E-state index is 0.404. The predicted molar refractivity (Wildman–Crippen MR) is 103 cm³/mol. The first-order valence-corrected chi connectivity index (χ1v) is 9.07. The standard InChI is InChI=1S/C19H34N4O/c1-5-23(6-2)15-10-11-17(3)22-19(20-4)21-14-16-24-18-12-8-7-9-13-18/h7-9,12-13,17H,5-6,10-11,14-16H2,1-4H3,(H2,20,21,22). The van der Waals surface area contributed by atoms with Crippen molar-refractivity contribution in [2.45, 2.75) is 39.7 Å². The van der Waals surface area contributed by atoms with Gasteiger partial charge in [-0.05, 0) is 51.5 Å². The van der Waals surface area contributed by atoms with Crippen molar-refractivity contribution in [3.05, 3.63) is 30.3 Å². The minimum atomic E-state index is 0.404. The molecule has 0 aliphatic heterocycles. The van der Waals surface area contributed by atoms with Crippen LogP contribution in [0.15, 0.2) is 35.3 Å². The van der Waals surface area contributed by atoms with Crippen molar-refractivity contribution in [1.82, 2.24) is 15.5 Å². The van der Waals surface area contributed by atoms with E-state index in [9.17, 15) is 0 Å². The van der Waals surface area contributed by atoms with Gasteiger partial charge in [0.1, 0.15) is 12.4 Å². The Morgan fingerprint density at radius 3 is 2.54 bits per heavy atom. The number of nitrogens with zero attached hydrogens (tertiary/aromatic N) is 2. The normalized spacial score (nSPS) is 13.0. The van der Waals surface area contributed by atoms with Crippen LogP contribution in [0.2, 0.25) is 0 Å². The van der Waals surface area contributed by atoms with Crippen LogP contribution >= 0.6 is 0 Å². The zero-order chi connectivity index (χ0) is 17.6. The summed E-state index contributed by atoms with van der Waals surface area (Å²) in [7, 11) is 1.80. The van der Waals surface area contributed by atoms with E-state index in [-0.39, 0.29) is 0 Å². The quantitative estimate of drug-likeness (QED) is 0.371. The topological polar surface area (TPSA) is 48.9 Å². The average Bonchev–Trinajstić information content (AvgIpc) is 2.62. The molecule has 1 unspecified atom stereocenters. The molecule has 0 spiro atoms. The third-order valence-electron chi connectivity index (χ3n) is 4.02. The summed E-state index contributed by atoms with van der Waals surface area (Å²) in [5.41, 5.74) is 0. The van der Waals surface area contributed by atoms with Crippen LogP contribution in [0.25, 0.3) is 0 Å². The maximum Gasteiger partial charge on any atom is 0.191 e. The molecule has 24 heavy (non-hydrogen) atoms. The highest BCUT2D eigenvalue weighted by Crippen LogP contribution is 2.07. The Morgan fingerprint density at radius 2 is 1.92 bits per heavy atom. The molecule has 1 rings (SSSR count). The van der Waals surface area contributed by atoms with E-state index in [1.165, 1.54) is 6.42 Å². The van der Waals surface area contributed by atoms with Gasteiger partial charge >= 0.3 is 0 Å². The zero-order valence-corrected chi connectivity index (χ0v) is 15.7. The first-order chi connectivity index (χ1) is 11.7. The van der Waals surface area contributed by atoms with Crippen LogP contribution in [0.4, 0.5) is 0 Å². The Hall–Kier alpha value is -1.75. The fourth-order valence-electron chi connectivity index (χ4n) is 2.52. The van der Waals surface area contributed by atoms with Crippen LogP contribution in [0.1, 0.15) is 33.6 Å². The molecule has 0 aliphatic carbocycles. The molecule has 1 atom stereocenters. The number of ether oxygens (including phenoxy) is 1. The van der Waals surface area contributed by atoms with E-state index in [1.807, 2.05) is 30.3 Å². The Labute approximate surface area is 147 Å². The summed E-state index contributed by atoms with van der Waals surface area (Å²) in [6.45, 7) is 11.4. The molecule has 136 valence electrons. The molecule has 0 amide bonds. The highest BCUT2D eigenvalue weighted by molar-refractivity contribution is 5.79. The van der Waals surface area contributed by atoms with Gasteiger partial charge in [-0.1, -0.05) is 32.0 Å². The average molecular weight is 335 g/mol. The molecule has 2 N–H and O–H groups in total. The zero-order valence-electron chi connectivity index (χ0n) is 15.7. The maximum absolute atomic E-state index is 5.67. The number of hydrogen-bond acceptors (Lipinski definition) is 3. The molecule has 0 aromatic heterocycles. The summed E-state index contributed by atoms with van der Waals surface area (Å²) in [5.74, 6) is 1.73. The molecular weight excluding hydrogens is 300 g/mol. The summed E-state index contributed by atoms with van der Waals surface area (Å²) in [6.07, 6.45) is 2.33. The Balaban J connectivity index is 2.17. The molecule has 5 nitrogen and oxygen atoms in total. The van der Waals surface area contributed by atoms with Gasteiger partial charge in [0.05, 0.1) is 6.54 Å². The lowest BCUT2D eigenvalue weighted by atomic mass is 10.2. The first-order valence-electron chi connectivity index (χ1n) is 9.07. The van der Waals surface area contributed by atoms with Crippen molar-refractivity contribution in [2.24, 2.45) is 4.99 Å². The van der Waals surface area contributed by atoms with Gasteiger partial charge in [0, 0.05) is 13.1 Å². The van der Waals surface area contributed by atoms with Gasteiger partial charge < -0.3 is 20.3 Å². The number of nitrogens with one attached hydrogen (secondary N) is 2. The van der Waals surface area contributed by atoms with Crippen molar-refractivity contribution in [3.8, 4) is 5.75 Å². The van der Waals surface area contributed by atoms with Crippen LogP contribution in [-0.2, 0) is 0 Å². The van der Waals surface area contributed by atoms with E-state index >= 15 is 0 Å². The predicted octanol–water partition coefficient (Wildman–Crippen LogP) is 2.74. The number of rotatable bonds is 11. The number of guanidine groups is 1. The van der Waals surface area contributed by atoms with E-state index in [0.29, 0.717) is 12.6 Å². The molecule has 0 fully saturated rings. The van der Waals surface area contributed by atoms with E-state index in [1.54, 1.807) is 7.05 Å².